The Morgan fingerprint density at radius 3 is 2.68 bits per heavy atom. The van der Waals surface area contributed by atoms with Crippen LogP contribution in [0.1, 0.15) is 15.6 Å². The summed E-state index contributed by atoms with van der Waals surface area (Å²) in [6.45, 7) is 0.325. The van der Waals surface area contributed by atoms with Gasteiger partial charge < -0.3 is 15.2 Å². The molecule has 0 aliphatic rings. The smallest absolute Gasteiger partial charge is 0.407 e. The molecule has 0 aliphatic carbocycles. The minimum atomic E-state index is -0.510. The first-order chi connectivity index (χ1) is 9.28. The number of aliphatic hydroxyl groups excluding tert-OH is 1. The summed E-state index contributed by atoms with van der Waals surface area (Å²) in [5, 5.41) is 20.1. The third-order valence-corrected chi connectivity index (χ3v) is 3.15. The summed E-state index contributed by atoms with van der Waals surface area (Å²) in [6.07, 6.45) is -0.510. The summed E-state index contributed by atoms with van der Waals surface area (Å²) < 4.78 is 5.04. The van der Waals surface area contributed by atoms with Gasteiger partial charge in [-0.15, -0.1) is 10.2 Å². The van der Waals surface area contributed by atoms with Crippen molar-refractivity contribution in [3.8, 4) is 0 Å². The van der Waals surface area contributed by atoms with Crippen LogP contribution in [0.15, 0.2) is 30.3 Å². The Morgan fingerprint density at radius 1 is 1.26 bits per heavy atom. The van der Waals surface area contributed by atoms with Gasteiger partial charge in [0.05, 0.1) is 13.2 Å². The van der Waals surface area contributed by atoms with E-state index >= 15 is 0 Å². The first-order valence-electron chi connectivity index (χ1n) is 5.64. The van der Waals surface area contributed by atoms with Crippen molar-refractivity contribution in [2.24, 2.45) is 0 Å². The molecule has 6 nitrogen and oxygen atoms in total. The monoisotopic (exact) mass is 279 g/mol. The van der Waals surface area contributed by atoms with Crippen LogP contribution in [0.2, 0.25) is 0 Å². The van der Waals surface area contributed by atoms with Gasteiger partial charge in [-0.3, -0.25) is 0 Å². The molecule has 0 bridgehead atoms. The second-order valence-electron chi connectivity index (χ2n) is 3.66. The van der Waals surface area contributed by atoms with Crippen molar-refractivity contribution in [3.63, 3.8) is 0 Å². The molecular weight excluding hydrogens is 266 g/mol. The molecule has 0 radical (unpaired) electrons. The lowest BCUT2D eigenvalue weighted by Crippen LogP contribution is -2.23. The van der Waals surface area contributed by atoms with Gasteiger partial charge in [-0.25, -0.2) is 4.79 Å². The van der Waals surface area contributed by atoms with E-state index in [1.807, 2.05) is 30.3 Å². The maximum atomic E-state index is 11.4. The third kappa shape index (κ3) is 4.31. The third-order valence-electron chi connectivity index (χ3n) is 2.24. The molecule has 0 saturated heterocycles. The Labute approximate surface area is 114 Å². The summed E-state index contributed by atoms with van der Waals surface area (Å²) >= 11 is 1.25. The van der Waals surface area contributed by atoms with Crippen molar-refractivity contribution in [3.05, 3.63) is 45.9 Å². The number of hydrogen-bond donors (Lipinski definition) is 2. The number of rotatable bonds is 5. The largest absolute Gasteiger partial charge is 0.445 e. The number of hydrogen-bond acceptors (Lipinski definition) is 6. The number of carbonyl (C=O) groups is 1. The van der Waals surface area contributed by atoms with E-state index in [1.165, 1.54) is 11.3 Å². The molecular formula is C12H13N3O3S. The number of ether oxygens (including phenoxy) is 1. The van der Waals surface area contributed by atoms with Gasteiger partial charge in [0.15, 0.2) is 0 Å². The second kappa shape index (κ2) is 6.81. The molecule has 0 aliphatic heterocycles. The number of carbonyl (C=O) groups excluding carboxylic acids is 1. The van der Waals surface area contributed by atoms with Crippen molar-refractivity contribution >= 4 is 17.4 Å². The molecule has 0 unspecified atom stereocenters. The van der Waals surface area contributed by atoms with Crippen LogP contribution in [0, 0.1) is 0 Å². The van der Waals surface area contributed by atoms with E-state index in [-0.39, 0.29) is 19.8 Å². The fraction of sp³-hybridized carbons (Fsp3) is 0.250. The van der Waals surface area contributed by atoms with Crippen LogP contribution < -0.4 is 5.32 Å². The van der Waals surface area contributed by atoms with Gasteiger partial charge in [-0.1, -0.05) is 41.7 Å². The lowest BCUT2D eigenvalue weighted by atomic mass is 10.2. The van der Waals surface area contributed by atoms with E-state index in [4.69, 9.17) is 9.84 Å². The Kier molecular flexibility index (Phi) is 4.82. The SMILES string of the molecule is O=C(NCc1nnc(CO)s1)OCc1ccccc1. The highest BCUT2D eigenvalue weighted by atomic mass is 32.1. The number of nitrogens with one attached hydrogen (secondary N) is 1. The van der Waals surface area contributed by atoms with Crippen LogP contribution in [0.5, 0.6) is 0 Å². The zero-order valence-electron chi connectivity index (χ0n) is 10.1. The minimum absolute atomic E-state index is 0.143. The standard InChI is InChI=1S/C12H13N3O3S/c16-7-11-15-14-10(19-11)6-13-12(17)18-8-9-4-2-1-3-5-9/h1-5,16H,6-8H2,(H,13,17). The number of aliphatic hydroxyl groups is 1. The van der Waals surface area contributed by atoms with Gasteiger partial charge in [-0.05, 0) is 5.56 Å². The summed E-state index contributed by atoms with van der Waals surface area (Å²) in [5.74, 6) is 0. The van der Waals surface area contributed by atoms with Gasteiger partial charge in [0.25, 0.3) is 0 Å². The molecule has 0 fully saturated rings. The number of nitrogens with zero attached hydrogens (tertiary/aromatic N) is 2. The topological polar surface area (TPSA) is 84.3 Å². The first kappa shape index (κ1) is 13.4. The summed E-state index contributed by atoms with van der Waals surface area (Å²) in [4.78, 5) is 11.4. The van der Waals surface area contributed by atoms with Crippen LogP contribution in [-0.4, -0.2) is 21.4 Å². The van der Waals surface area contributed by atoms with Crippen molar-refractivity contribution in [1.29, 1.82) is 0 Å². The molecule has 100 valence electrons. The highest BCUT2D eigenvalue weighted by Gasteiger charge is 2.06. The molecule has 0 atom stereocenters. The van der Waals surface area contributed by atoms with Crippen molar-refractivity contribution in [2.45, 2.75) is 19.8 Å². The predicted octanol–water partition coefficient (Wildman–Crippen LogP) is 1.46. The van der Waals surface area contributed by atoms with Crippen LogP contribution in [0.4, 0.5) is 4.79 Å². The van der Waals surface area contributed by atoms with Crippen LogP contribution in [-0.2, 0) is 24.5 Å². The highest BCUT2D eigenvalue weighted by Crippen LogP contribution is 2.08. The lowest BCUT2D eigenvalue weighted by Gasteiger charge is -2.05. The normalized spacial score (nSPS) is 10.2. The van der Waals surface area contributed by atoms with E-state index in [9.17, 15) is 4.79 Å². The highest BCUT2D eigenvalue weighted by molar-refractivity contribution is 7.11. The molecule has 2 rings (SSSR count). The van der Waals surface area contributed by atoms with Crippen molar-refractivity contribution < 1.29 is 14.6 Å². The molecule has 1 heterocycles. The molecule has 2 N–H and O–H groups in total. The van der Waals surface area contributed by atoms with E-state index < -0.39 is 6.09 Å². The van der Waals surface area contributed by atoms with Crippen molar-refractivity contribution in [2.75, 3.05) is 0 Å². The minimum Gasteiger partial charge on any atom is -0.445 e. The lowest BCUT2D eigenvalue weighted by molar-refractivity contribution is 0.139. The quantitative estimate of drug-likeness (QED) is 0.865. The molecule has 7 heteroatoms. The number of benzene rings is 1. The van der Waals surface area contributed by atoms with Gasteiger partial charge in [0.1, 0.15) is 16.6 Å². The zero-order chi connectivity index (χ0) is 13.5. The number of amides is 1. The Balaban J connectivity index is 1.73. The summed E-state index contributed by atoms with van der Waals surface area (Å²) in [7, 11) is 0. The molecule has 0 saturated carbocycles. The fourth-order valence-electron chi connectivity index (χ4n) is 1.35. The second-order valence-corrected chi connectivity index (χ2v) is 4.81. The first-order valence-corrected chi connectivity index (χ1v) is 6.46. The molecule has 2 aromatic rings. The maximum absolute atomic E-state index is 11.4. The molecule has 0 spiro atoms. The van der Waals surface area contributed by atoms with E-state index in [2.05, 4.69) is 15.5 Å². The van der Waals surface area contributed by atoms with E-state index in [0.717, 1.165) is 5.56 Å². The van der Waals surface area contributed by atoms with E-state index in [1.54, 1.807) is 0 Å². The summed E-state index contributed by atoms with van der Waals surface area (Å²) in [6, 6.07) is 9.43. The molecule has 1 aromatic carbocycles. The molecule has 19 heavy (non-hydrogen) atoms. The zero-order valence-corrected chi connectivity index (χ0v) is 10.9. The fourth-order valence-corrected chi connectivity index (χ4v) is 1.99. The Morgan fingerprint density at radius 2 is 2.00 bits per heavy atom. The predicted molar refractivity (Wildman–Crippen MR) is 69.3 cm³/mol. The molecule has 1 amide bonds. The Hall–Kier alpha value is -1.99. The number of alkyl carbamates (subject to hydrolysis) is 1. The average molecular weight is 279 g/mol. The van der Waals surface area contributed by atoms with Gasteiger partial charge in [0.2, 0.25) is 0 Å². The van der Waals surface area contributed by atoms with Crippen molar-refractivity contribution in [1.82, 2.24) is 15.5 Å². The van der Waals surface area contributed by atoms with Crippen LogP contribution in [0.25, 0.3) is 0 Å². The van der Waals surface area contributed by atoms with Gasteiger partial charge in [0, 0.05) is 0 Å². The number of aromatic nitrogens is 2. The average Bonchev–Trinajstić information content (AvgIpc) is 2.92. The van der Waals surface area contributed by atoms with Crippen LogP contribution in [0.3, 0.4) is 0 Å². The van der Waals surface area contributed by atoms with Gasteiger partial charge >= 0.3 is 6.09 Å². The molecule has 1 aromatic heterocycles. The van der Waals surface area contributed by atoms with Gasteiger partial charge in [-0.2, -0.15) is 0 Å². The van der Waals surface area contributed by atoms with Crippen LogP contribution >= 0.6 is 11.3 Å². The maximum Gasteiger partial charge on any atom is 0.407 e. The Bertz CT molecular complexity index is 530. The summed E-state index contributed by atoms with van der Waals surface area (Å²) in [5.41, 5.74) is 0.927. The van der Waals surface area contributed by atoms with E-state index in [0.29, 0.717) is 10.0 Å².